The number of hydrogen-bond donors (Lipinski definition) is 0. The van der Waals surface area contributed by atoms with Crippen molar-refractivity contribution in [2.45, 2.75) is 0 Å². The Bertz CT molecular complexity index is 603. The second-order valence-corrected chi connectivity index (χ2v) is 4.42. The topological polar surface area (TPSA) is 37.7 Å². The zero-order valence-corrected chi connectivity index (χ0v) is 11.7. The number of nitrogens with zero attached hydrogens (tertiary/aromatic N) is 3. The summed E-state index contributed by atoms with van der Waals surface area (Å²) < 4.78 is 29.6. The molecule has 0 aliphatic heterocycles. The fraction of sp³-hybridized carbons (Fsp3) is 0.143. The first-order chi connectivity index (χ1) is 10.1. The summed E-state index contributed by atoms with van der Waals surface area (Å²) >= 11 is 0. The van der Waals surface area contributed by atoms with Gasteiger partial charge in [0.15, 0.2) is 5.82 Å². The summed E-state index contributed by atoms with van der Waals surface area (Å²) in [5.41, 5.74) is 1.42. The summed E-state index contributed by atoms with van der Waals surface area (Å²) in [6.45, 7) is 0. The molecule has 0 saturated carbocycles. The molecule has 2 aromatic rings. The maximum Gasteiger partial charge on any atom is 0.797 e. The number of aliphatic imine (C=N–C) groups is 1. The molecule has 0 aliphatic carbocycles. The van der Waals surface area contributed by atoms with Crippen molar-refractivity contribution in [3.05, 3.63) is 54.2 Å². The standard InChI is InChI=1S/C14H14BF2N3O/c1-20(2)12-8-6-11(7-9-12)14(21-15(16)17)19-13-5-3-4-10-18-13/h3-10H,1-2H3/b19-14+. The molecule has 1 heterocycles. The van der Waals surface area contributed by atoms with Gasteiger partial charge in [-0.3, -0.25) is 0 Å². The molecule has 2 rings (SSSR count). The SMILES string of the molecule is CN(C)c1ccc(/C(=N\c2ccccn2)OB(F)F)cc1. The number of anilines is 1. The third-order valence-corrected chi connectivity index (χ3v) is 2.70. The van der Waals surface area contributed by atoms with Crippen LogP contribution >= 0.6 is 0 Å². The molecule has 21 heavy (non-hydrogen) atoms. The van der Waals surface area contributed by atoms with Crippen molar-refractivity contribution >= 4 is 24.9 Å². The van der Waals surface area contributed by atoms with Crippen LogP contribution in [0.4, 0.5) is 20.1 Å². The van der Waals surface area contributed by atoms with E-state index in [-0.39, 0.29) is 5.90 Å². The van der Waals surface area contributed by atoms with E-state index in [0.29, 0.717) is 11.4 Å². The Morgan fingerprint density at radius 1 is 1.14 bits per heavy atom. The second-order valence-electron chi connectivity index (χ2n) is 4.42. The lowest BCUT2D eigenvalue weighted by Gasteiger charge is -2.13. The molecule has 0 aliphatic rings. The largest absolute Gasteiger partial charge is 0.797 e. The van der Waals surface area contributed by atoms with Gasteiger partial charge < -0.3 is 9.55 Å². The van der Waals surface area contributed by atoms with Gasteiger partial charge in [0.25, 0.3) is 0 Å². The van der Waals surface area contributed by atoms with Gasteiger partial charge in [-0.05, 0) is 36.4 Å². The monoisotopic (exact) mass is 289 g/mol. The first kappa shape index (κ1) is 15.0. The third kappa shape index (κ3) is 4.27. The van der Waals surface area contributed by atoms with Crippen LogP contribution in [0, 0.1) is 0 Å². The number of hydrogen-bond acceptors (Lipinski definition) is 4. The van der Waals surface area contributed by atoms with Crippen molar-refractivity contribution in [1.82, 2.24) is 4.98 Å². The van der Waals surface area contributed by atoms with Crippen molar-refractivity contribution in [2.24, 2.45) is 4.99 Å². The first-order valence-corrected chi connectivity index (χ1v) is 6.28. The normalized spacial score (nSPS) is 11.1. The van der Waals surface area contributed by atoms with Crippen molar-refractivity contribution in [1.29, 1.82) is 0 Å². The van der Waals surface area contributed by atoms with Crippen LogP contribution < -0.4 is 4.90 Å². The Morgan fingerprint density at radius 3 is 2.38 bits per heavy atom. The lowest BCUT2D eigenvalue weighted by atomic mass is 10.2. The molecule has 0 N–H and O–H groups in total. The molecular formula is C14H14BF2N3O. The summed E-state index contributed by atoms with van der Waals surface area (Å²) in [6.07, 6.45) is 1.54. The molecule has 0 saturated heterocycles. The quantitative estimate of drug-likeness (QED) is 0.493. The summed E-state index contributed by atoms with van der Waals surface area (Å²) in [5.74, 6) is 0.152. The van der Waals surface area contributed by atoms with E-state index >= 15 is 0 Å². The van der Waals surface area contributed by atoms with Crippen molar-refractivity contribution in [3.63, 3.8) is 0 Å². The molecular weight excluding hydrogens is 275 g/mol. The Hall–Kier alpha value is -2.44. The van der Waals surface area contributed by atoms with Crippen LogP contribution in [-0.2, 0) is 4.65 Å². The highest BCUT2D eigenvalue weighted by Crippen LogP contribution is 2.16. The number of benzene rings is 1. The van der Waals surface area contributed by atoms with E-state index in [1.54, 1.807) is 42.5 Å². The lowest BCUT2D eigenvalue weighted by Crippen LogP contribution is -2.15. The van der Waals surface area contributed by atoms with Gasteiger partial charge in [-0.1, -0.05) is 6.07 Å². The van der Waals surface area contributed by atoms with Gasteiger partial charge in [-0.2, -0.15) is 4.99 Å². The zero-order chi connectivity index (χ0) is 15.2. The van der Waals surface area contributed by atoms with Gasteiger partial charge in [-0.25, -0.2) is 13.6 Å². The fourth-order valence-corrected chi connectivity index (χ4v) is 1.67. The van der Waals surface area contributed by atoms with Crippen LogP contribution in [0.25, 0.3) is 0 Å². The van der Waals surface area contributed by atoms with Gasteiger partial charge >= 0.3 is 7.47 Å². The number of aromatic nitrogens is 1. The van der Waals surface area contributed by atoms with Crippen LogP contribution in [0.15, 0.2) is 53.7 Å². The Kier molecular flexibility index (Phi) is 4.87. The molecule has 0 unspecified atom stereocenters. The number of rotatable bonds is 4. The van der Waals surface area contributed by atoms with Gasteiger partial charge in [0, 0.05) is 31.5 Å². The minimum absolute atomic E-state index is 0.158. The van der Waals surface area contributed by atoms with E-state index < -0.39 is 7.47 Å². The molecule has 0 spiro atoms. The summed E-state index contributed by atoms with van der Waals surface area (Å²) in [4.78, 5) is 9.92. The molecule has 1 aromatic heterocycles. The predicted molar refractivity (Wildman–Crippen MR) is 80.3 cm³/mol. The van der Waals surface area contributed by atoms with Gasteiger partial charge in [-0.15, -0.1) is 0 Å². The highest BCUT2D eigenvalue weighted by atomic mass is 19.2. The summed E-state index contributed by atoms with van der Waals surface area (Å²) in [5, 5.41) is 0. The Labute approximate surface area is 122 Å². The van der Waals surface area contributed by atoms with Crippen molar-refractivity contribution < 1.29 is 13.3 Å². The van der Waals surface area contributed by atoms with Crippen LogP contribution in [0.5, 0.6) is 0 Å². The van der Waals surface area contributed by atoms with Crippen LogP contribution in [0.1, 0.15) is 5.56 Å². The highest BCUT2D eigenvalue weighted by molar-refractivity contribution is 6.38. The van der Waals surface area contributed by atoms with Crippen LogP contribution in [-0.4, -0.2) is 32.4 Å². The Morgan fingerprint density at radius 2 is 1.86 bits per heavy atom. The van der Waals surface area contributed by atoms with E-state index in [1.807, 2.05) is 19.0 Å². The molecule has 0 amide bonds. The molecule has 0 fully saturated rings. The van der Waals surface area contributed by atoms with Crippen molar-refractivity contribution in [2.75, 3.05) is 19.0 Å². The molecule has 4 nitrogen and oxygen atoms in total. The molecule has 7 heteroatoms. The summed E-state index contributed by atoms with van der Waals surface area (Å²) in [7, 11) is 0.849. The van der Waals surface area contributed by atoms with Crippen molar-refractivity contribution in [3.8, 4) is 0 Å². The van der Waals surface area contributed by atoms with Crippen LogP contribution in [0.2, 0.25) is 0 Å². The van der Waals surface area contributed by atoms with E-state index in [1.165, 1.54) is 6.20 Å². The average Bonchev–Trinajstić information content (AvgIpc) is 2.47. The van der Waals surface area contributed by atoms with Crippen LogP contribution in [0.3, 0.4) is 0 Å². The highest BCUT2D eigenvalue weighted by Gasteiger charge is 2.21. The average molecular weight is 289 g/mol. The minimum Gasteiger partial charge on any atom is -0.490 e. The zero-order valence-electron chi connectivity index (χ0n) is 11.7. The smallest absolute Gasteiger partial charge is 0.490 e. The molecule has 0 atom stereocenters. The molecule has 1 aromatic carbocycles. The minimum atomic E-state index is -2.94. The molecule has 0 bridgehead atoms. The van der Waals surface area contributed by atoms with Gasteiger partial charge in [0.1, 0.15) is 0 Å². The molecule has 0 radical (unpaired) electrons. The van der Waals surface area contributed by atoms with E-state index in [0.717, 1.165) is 5.69 Å². The lowest BCUT2D eigenvalue weighted by molar-refractivity contribution is 0.420. The van der Waals surface area contributed by atoms with Gasteiger partial charge in [0.2, 0.25) is 5.90 Å². The van der Waals surface area contributed by atoms with E-state index in [4.69, 9.17) is 0 Å². The van der Waals surface area contributed by atoms with Gasteiger partial charge in [0.05, 0.1) is 0 Å². The molecule has 108 valence electrons. The summed E-state index contributed by atoms with van der Waals surface area (Å²) in [6, 6.07) is 12.0. The Balaban J connectivity index is 2.34. The number of halogens is 2. The third-order valence-electron chi connectivity index (χ3n) is 2.70. The van der Waals surface area contributed by atoms with E-state index in [9.17, 15) is 8.63 Å². The maximum atomic E-state index is 12.5. The van der Waals surface area contributed by atoms with E-state index in [2.05, 4.69) is 14.6 Å². The maximum absolute atomic E-state index is 12.5. The second kappa shape index (κ2) is 6.83. The first-order valence-electron chi connectivity index (χ1n) is 6.28. The fourth-order valence-electron chi connectivity index (χ4n) is 1.67. The predicted octanol–water partition coefficient (Wildman–Crippen LogP) is 3.17. The number of pyridine rings is 1.